The first-order chi connectivity index (χ1) is 12.7. The molecule has 1 atom stereocenters. The fourth-order valence-corrected chi connectivity index (χ4v) is 3.40. The number of benzene rings is 1. The molecule has 0 spiro atoms. The fourth-order valence-electron chi connectivity index (χ4n) is 3.40. The molecule has 4 rings (SSSR count). The molecule has 0 aliphatic heterocycles. The first-order valence-electron chi connectivity index (χ1n) is 8.89. The SMILES string of the molecule is Cc1cnc(C(=O)N[C@H]2CCCc3c2cnn3Cc2ccccc2)cn1. The molecule has 1 aromatic carbocycles. The van der Waals surface area contributed by atoms with Gasteiger partial charge in [-0.15, -0.1) is 0 Å². The van der Waals surface area contributed by atoms with Gasteiger partial charge in [0.1, 0.15) is 5.69 Å². The van der Waals surface area contributed by atoms with Crippen LogP contribution in [0.4, 0.5) is 0 Å². The lowest BCUT2D eigenvalue weighted by Gasteiger charge is -2.24. The summed E-state index contributed by atoms with van der Waals surface area (Å²) in [6.45, 7) is 2.60. The van der Waals surface area contributed by atoms with Crippen molar-refractivity contribution in [2.75, 3.05) is 0 Å². The minimum Gasteiger partial charge on any atom is -0.344 e. The number of nitrogens with one attached hydrogen (secondary N) is 1. The number of aryl methyl sites for hydroxylation is 1. The third kappa shape index (κ3) is 3.35. The normalized spacial score (nSPS) is 16.1. The lowest BCUT2D eigenvalue weighted by Crippen LogP contribution is -2.31. The van der Waals surface area contributed by atoms with E-state index in [1.165, 1.54) is 17.5 Å². The number of amides is 1. The molecule has 132 valence electrons. The molecule has 6 nitrogen and oxygen atoms in total. The van der Waals surface area contributed by atoms with Crippen LogP contribution >= 0.6 is 0 Å². The monoisotopic (exact) mass is 347 g/mol. The van der Waals surface area contributed by atoms with Crippen LogP contribution in [-0.2, 0) is 13.0 Å². The zero-order chi connectivity index (χ0) is 17.9. The van der Waals surface area contributed by atoms with Gasteiger partial charge in [0.15, 0.2) is 0 Å². The number of aromatic nitrogens is 4. The quantitative estimate of drug-likeness (QED) is 0.788. The minimum atomic E-state index is -0.189. The van der Waals surface area contributed by atoms with E-state index in [1.54, 1.807) is 6.20 Å². The van der Waals surface area contributed by atoms with Gasteiger partial charge in [-0.1, -0.05) is 30.3 Å². The summed E-state index contributed by atoms with van der Waals surface area (Å²) in [4.78, 5) is 20.8. The molecule has 26 heavy (non-hydrogen) atoms. The van der Waals surface area contributed by atoms with Crippen LogP contribution in [0.15, 0.2) is 48.9 Å². The third-order valence-electron chi connectivity index (χ3n) is 4.76. The number of hydrogen-bond acceptors (Lipinski definition) is 4. The number of carbonyl (C=O) groups excluding carboxylic acids is 1. The van der Waals surface area contributed by atoms with E-state index < -0.39 is 0 Å². The van der Waals surface area contributed by atoms with E-state index in [4.69, 9.17) is 0 Å². The molecule has 0 saturated heterocycles. The number of nitrogens with zero attached hydrogens (tertiary/aromatic N) is 4. The van der Waals surface area contributed by atoms with E-state index in [9.17, 15) is 4.79 Å². The van der Waals surface area contributed by atoms with Gasteiger partial charge in [0, 0.05) is 17.5 Å². The van der Waals surface area contributed by atoms with Crippen LogP contribution in [0.25, 0.3) is 0 Å². The van der Waals surface area contributed by atoms with E-state index in [0.717, 1.165) is 37.1 Å². The molecule has 0 bridgehead atoms. The van der Waals surface area contributed by atoms with Gasteiger partial charge >= 0.3 is 0 Å². The maximum Gasteiger partial charge on any atom is 0.271 e. The molecule has 3 aromatic rings. The summed E-state index contributed by atoms with van der Waals surface area (Å²) in [6.07, 6.45) is 7.95. The summed E-state index contributed by atoms with van der Waals surface area (Å²) in [6, 6.07) is 10.3. The highest BCUT2D eigenvalue weighted by molar-refractivity contribution is 5.92. The minimum absolute atomic E-state index is 0.0288. The second-order valence-electron chi connectivity index (χ2n) is 6.65. The Morgan fingerprint density at radius 1 is 1.19 bits per heavy atom. The molecule has 1 aliphatic rings. The molecule has 0 fully saturated rings. The molecule has 2 aromatic heterocycles. The largest absolute Gasteiger partial charge is 0.344 e. The maximum atomic E-state index is 12.5. The van der Waals surface area contributed by atoms with Crippen molar-refractivity contribution in [1.82, 2.24) is 25.1 Å². The van der Waals surface area contributed by atoms with Gasteiger partial charge in [-0.3, -0.25) is 14.5 Å². The molecular formula is C20H21N5O. The van der Waals surface area contributed by atoms with Gasteiger partial charge in [0.25, 0.3) is 5.91 Å². The average Bonchev–Trinajstić information content (AvgIpc) is 3.07. The third-order valence-corrected chi connectivity index (χ3v) is 4.76. The summed E-state index contributed by atoms with van der Waals surface area (Å²) in [7, 11) is 0. The summed E-state index contributed by atoms with van der Waals surface area (Å²) in [5.74, 6) is -0.189. The van der Waals surface area contributed by atoms with Crippen molar-refractivity contribution in [3.05, 3.63) is 77.1 Å². The van der Waals surface area contributed by atoms with Crippen molar-refractivity contribution in [3.8, 4) is 0 Å². The van der Waals surface area contributed by atoms with Crippen LogP contribution in [0.5, 0.6) is 0 Å². The highest BCUT2D eigenvalue weighted by Crippen LogP contribution is 2.30. The predicted octanol–water partition coefficient (Wildman–Crippen LogP) is 2.84. The first-order valence-corrected chi connectivity index (χ1v) is 8.89. The smallest absolute Gasteiger partial charge is 0.271 e. The Kier molecular flexibility index (Phi) is 4.48. The molecule has 0 radical (unpaired) electrons. The van der Waals surface area contributed by atoms with Gasteiger partial charge in [-0.05, 0) is 31.7 Å². The van der Waals surface area contributed by atoms with Crippen LogP contribution in [-0.4, -0.2) is 25.7 Å². The van der Waals surface area contributed by atoms with Crippen LogP contribution in [0.3, 0.4) is 0 Å². The Balaban J connectivity index is 1.52. The Morgan fingerprint density at radius 2 is 2.04 bits per heavy atom. The molecular weight excluding hydrogens is 326 g/mol. The Morgan fingerprint density at radius 3 is 2.81 bits per heavy atom. The fraction of sp³-hybridized carbons (Fsp3) is 0.300. The molecule has 2 heterocycles. The van der Waals surface area contributed by atoms with Crippen molar-refractivity contribution in [3.63, 3.8) is 0 Å². The standard InChI is InChI=1S/C20H21N5O/c1-14-10-22-18(12-21-14)20(26)24-17-8-5-9-19-16(17)11-23-25(19)13-15-6-3-2-4-7-15/h2-4,6-7,10-12,17H,5,8-9,13H2,1H3,(H,24,26)/t17-/m0/s1. The second-order valence-corrected chi connectivity index (χ2v) is 6.65. The van der Waals surface area contributed by atoms with E-state index in [0.29, 0.717) is 5.69 Å². The predicted molar refractivity (Wildman–Crippen MR) is 97.7 cm³/mol. The van der Waals surface area contributed by atoms with Gasteiger partial charge < -0.3 is 5.32 Å². The number of hydrogen-bond donors (Lipinski definition) is 1. The number of fused-ring (bicyclic) bond motifs is 1. The molecule has 0 saturated carbocycles. The van der Waals surface area contributed by atoms with Crippen LogP contribution in [0.2, 0.25) is 0 Å². The van der Waals surface area contributed by atoms with Gasteiger partial charge in [-0.2, -0.15) is 5.10 Å². The Hall–Kier alpha value is -3.02. The van der Waals surface area contributed by atoms with E-state index in [2.05, 4.69) is 37.2 Å². The van der Waals surface area contributed by atoms with Crippen molar-refractivity contribution in [1.29, 1.82) is 0 Å². The highest BCUT2D eigenvalue weighted by atomic mass is 16.1. The second kappa shape index (κ2) is 7.07. The lowest BCUT2D eigenvalue weighted by molar-refractivity contribution is 0.0927. The molecule has 1 N–H and O–H groups in total. The zero-order valence-corrected chi connectivity index (χ0v) is 14.7. The summed E-state index contributed by atoms with van der Waals surface area (Å²) >= 11 is 0. The van der Waals surface area contributed by atoms with E-state index >= 15 is 0 Å². The van der Waals surface area contributed by atoms with Crippen molar-refractivity contribution in [2.45, 2.75) is 38.8 Å². The van der Waals surface area contributed by atoms with Crippen LogP contribution < -0.4 is 5.32 Å². The highest BCUT2D eigenvalue weighted by Gasteiger charge is 2.26. The topological polar surface area (TPSA) is 72.7 Å². The van der Waals surface area contributed by atoms with Crippen molar-refractivity contribution in [2.24, 2.45) is 0 Å². The van der Waals surface area contributed by atoms with E-state index in [-0.39, 0.29) is 11.9 Å². The average molecular weight is 347 g/mol. The Labute approximate surface area is 152 Å². The first kappa shape index (κ1) is 16.4. The van der Waals surface area contributed by atoms with Crippen molar-refractivity contribution < 1.29 is 4.79 Å². The zero-order valence-electron chi connectivity index (χ0n) is 14.7. The van der Waals surface area contributed by atoms with Crippen LogP contribution in [0, 0.1) is 6.92 Å². The Bertz CT molecular complexity index is 902. The van der Waals surface area contributed by atoms with Crippen molar-refractivity contribution >= 4 is 5.91 Å². The molecule has 0 unspecified atom stereocenters. The van der Waals surface area contributed by atoms with Gasteiger partial charge in [0.2, 0.25) is 0 Å². The molecule has 1 amide bonds. The molecule has 1 aliphatic carbocycles. The molecule has 6 heteroatoms. The lowest BCUT2D eigenvalue weighted by atomic mass is 9.92. The van der Waals surface area contributed by atoms with E-state index in [1.807, 2.05) is 31.3 Å². The van der Waals surface area contributed by atoms with Crippen LogP contribution in [0.1, 0.15) is 51.9 Å². The maximum absolute atomic E-state index is 12.5. The summed E-state index contributed by atoms with van der Waals surface area (Å²) in [5, 5.41) is 7.67. The van der Waals surface area contributed by atoms with Gasteiger partial charge in [-0.25, -0.2) is 4.98 Å². The summed E-state index contributed by atoms with van der Waals surface area (Å²) in [5.41, 5.74) is 4.68. The van der Waals surface area contributed by atoms with Gasteiger partial charge in [0.05, 0.1) is 30.7 Å². The number of carbonyl (C=O) groups is 1. The number of rotatable bonds is 4. The summed E-state index contributed by atoms with van der Waals surface area (Å²) < 4.78 is 2.05.